The van der Waals surface area contributed by atoms with Crippen molar-refractivity contribution in [3.05, 3.63) is 29.8 Å². The number of rotatable bonds is 3. The smallest absolute Gasteiger partial charge is 0.119 e. The fourth-order valence-electron chi connectivity index (χ4n) is 2.06. The standard InChI is InChI=1S/C13H18O3/c1-15-12-4-2-3-10(7-12)8-13-9-11(14)5-6-16-13/h2-4,7,11,13-14H,5-6,8-9H2,1H3. The van der Waals surface area contributed by atoms with Crippen LogP contribution in [0.1, 0.15) is 18.4 Å². The first-order chi connectivity index (χ1) is 7.78. The van der Waals surface area contributed by atoms with Crippen LogP contribution in [0.15, 0.2) is 24.3 Å². The summed E-state index contributed by atoms with van der Waals surface area (Å²) in [6.07, 6.45) is 2.26. The molecule has 1 aromatic rings. The van der Waals surface area contributed by atoms with Crippen LogP contribution >= 0.6 is 0 Å². The van der Waals surface area contributed by atoms with Gasteiger partial charge in [-0.3, -0.25) is 0 Å². The maximum atomic E-state index is 9.55. The SMILES string of the molecule is COc1cccc(CC2CC(O)CCO2)c1. The second-order valence-corrected chi connectivity index (χ2v) is 4.23. The highest BCUT2D eigenvalue weighted by Crippen LogP contribution is 2.20. The van der Waals surface area contributed by atoms with Crippen molar-refractivity contribution in [3.8, 4) is 5.75 Å². The Morgan fingerprint density at radius 1 is 1.50 bits per heavy atom. The number of aliphatic hydroxyl groups excluding tert-OH is 1. The Balaban J connectivity index is 1.97. The Kier molecular flexibility index (Phi) is 3.80. The number of hydrogen-bond donors (Lipinski definition) is 1. The van der Waals surface area contributed by atoms with Crippen LogP contribution in [0.3, 0.4) is 0 Å². The molecule has 2 unspecified atom stereocenters. The predicted molar refractivity (Wildman–Crippen MR) is 61.7 cm³/mol. The maximum absolute atomic E-state index is 9.55. The van der Waals surface area contributed by atoms with Crippen molar-refractivity contribution in [1.29, 1.82) is 0 Å². The Hall–Kier alpha value is -1.06. The van der Waals surface area contributed by atoms with Gasteiger partial charge < -0.3 is 14.6 Å². The Morgan fingerprint density at radius 2 is 2.38 bits per heavy atom. The third-order valence-electron chi connectivity index (χ3n) is 2.94. The topological polar surface area (TPSA) is 38.7 Å². The molecule has 2 rings (SSSR count). The molecule has 2 atom stereocenters. The van der Waals surface area contributed by atoms with Gasteiger partial charge in [-0.05, 0) is 37.0 Å². The molecule has 16 heavy (non-hydrogen) atoms. The summed E-state index contributed by atoms with van der Waals surface area (Å²) < 4.78 is 10.8. The van der Waals surface area contributed by atoms with Crippen molar-refractivity contribution in [2.45, 2.75) is 31.5 Å². The normalized spacial score (nSPS) is 25.4. The molecule has 0 saturated carbocycles. The molecule has 1 aliphatic rings. The summed E-state index contributed by atoms with van der Waals surface area (Å²) in [4.78, 5) is 0. The molecule has 0 bridgehead atoms. The van der Waals surface area contributed by atoms with Gasteiger partial charge >= 0.3 is 0 Å². The zero-order valence-corrected chi connectivity index (χ0v) is 9.56. The first kappa shape index (κ1) is 11.4. The van der Waals surface area contributed by atoms with Gasteiger partial charge in [-0.15, -0.1) is 0 Å². The van der Waals surface area contributed by atoms with Crippen LogP contribution in [0.25, 0.3) is 0 Å². The summed E-state index contributed by atoms with van der Waals surface area (Å²) in [5, 5.41) is 9.55. The quantitative estimate of drug-likeness (QED) is 0.847. The lowest BCUT2D eigenvalue weighted by molar-refractivity contribution is -0.0423. The molecule has 88 valence electrons. The van der Waals surface area contributed by atoms with Crippen molar-refractivity contribution >= 4 is 0 Å². The zero-order chi connectivity index (χ0) is 11.4. The third-order valence-corrected chi connectivity index (χ3v) is 2.94. The van der Waals surface area contributed by atoms with Gasteiger partial charge in [-0.1, -0.05) is 12.1 Å². The van der Waals surface area contributed by atoms with Crippen LogP contribution in [0, 0.1) is 0 Å². The number of ether oxygens (including phenoxy) is 2. The highest BCUT2D eigenvalue weighted by atomic mass is 16.5. The second kappa shape index (κ2) is 5.32. The molecule has 1 saturated heterocycles. The molecule has 1 aliphatic heterocycles. The zero-order valence-electron chi connectivity index (χ0n) is 9.56. The molecule has 1 aromatic carbocycles. The van der Waals surface area contributed by atoms with Crippen molar-refractivity contribution in [2.75, 3.05) is 13.7 Å². The second-order valence-electron chi connectivity index (χ2n) is 4.23. The summed E-state index contributed by atoms with van der Waals surface area (Å²) in [6, 6.07) is 7.99. The van der Waals surface area contributed by atoms with E-state index in [1.54, 1.807) is 7.11 Å². The van der Waals surface area contributed by atoms with E-state index in [0.29, 0.717) is 6.61 Å². The highest BCUT2D eigenvalue weighted by molar-refractivity contribution is 5.28. The van der Waals surface area contributed by atoms with Crippen molar-refractivity contribution < 1.29 is 14.6 Å². The van der Waals surface area contributed by atoms with E-state index in [-0.39, 0.29) is 12.2 Å². The number of methoxy groups -OCH3 is 1. The third kappa shape index (κ3) is 2.97. The molecular formula is C13H18O3. The van der Waals surface area contributed by atoms with Gasteiger partial charge in [0.15, 0.2) is 0 Å². The Morgan fingerprint density at radius 3 is 3.12 bits per heavy atom. The minimum Gasteiger partial charge on any atom is -0.497 e. The summed E-state index contributed by atoms with van der Waals surface area (Å²) in [5.41, 5.74) is 1.19. The summed E-state index contributed by atoms with van der Waals surface area (Å²) in [7, 11) is 1.67. The fraction of sp³-hybridized carbons (Fsp3) is 0.538. The van der Waals surface area contributed by atoms with E-state index in [0.717, 1.165) is 25.0 Å². The van der Waals surface area contributed by atoms with E-state index in [1.807, 2.05) is 18.2 Å². The molecule has 0 amide bonds. The summed E-state index contributed by atoms with van der Waals surface area (Å²) in [5.74, 6) is 0.869. The minimum absolute atomic E-state index is 0.135. The van der Waals surface area contributed by atoms with Crippen LogP contribution in [-0.2, 0) is 11.2 Å². The summed E-state index contributed by atoms with van der Waals surface area (Å²) >= 11 is 0. The van der Waals surface area contributed by atoms with Crippen LogP contribution in [0.2, 0.25) is 0 Å². The van der Waals surface area contributed by atoms with E-state index in [2.05, 4.69) is 6.07 Å². The van der Waals surface area contributed by atoms with E-state index in [9.17, 15) is 5.11 Å². The van der Waals surface area contributed by atoms with Crippen LogP contribution < -0.4 is 4.74 Å². The molecule has 1 N–H and O–H groups in total. The molecule has 1 fully saturated rings. The lowest BCUT2D eigenvalue weighted by Gasteiger charge is -2.26. The van der Waals surface area contributed by atoms with E-state index < -0.39 is 0 Å². The van der Waals surface area contributed by atoms with Gasteiger partial charge in [0.25, 0.3) is 0 Å². The highest BCUT2D eigenvalue weighted by Gasteiger charge is 2.20. The first-order valence-corrected chi connectivity index (χ1v) is 5.70. The van der Waals surface area contributed by atoms with Gasteiger partial charge in [0.2, 0.25) is 0 Å². The van der Waals surface area contributed by atoms with Crippen LogP contribution in [0.5, 0.6) is 5.75 Å². The first-order valence-electron chi connectivity index (χ1n) is 5.70. The van der Waals surface area contributed by atoms with E-state index >= 15 is 0 Å². The van der Waals surface area contributed by atoms with E-state index in [1.165, 1.54) is 5.56 Å². The molecule has 3 nitrogen and oxygen atoms in total. The molecule has 3 heteroatoms. The molecule has 1 heterocycles. The molecule has 0 aliphatic carbocycles. The van der Waals surface area contributed by atoms with Crippen molar-refractivity contribution in [1.82, 2.24) is 0 Å². The van der Waals surface area contributed by atoms with Gasteiger partial charge in [-0.2, -0.15) is 0 Å². The van der Waals surface area contributed by atoms with Gasteiger partial charge in [0, 0.05) is 6.61 Å². The largest absolute Gasteiger partial charge is 0.497 e. The Bertz CT molecular complexity index is 338. The van der Waals surface area contributed by atoms with Crippen molar-refractivity contribution in [2.24, 2.45) is 0 Å². The Labute approximate surface area is 96.0 Å². The predicted octanol–water partition coefficient (Wildman–Crippen LogP) is 1.78. The lowest BCUT2D eigenvalue weighted by Crippen LogP contribution is -2.30. The monoisotopic (exact) mass is 222 g/mol. The van der Waals surface area contributed by atoms with Gasteiger partial charge in [0.05, 0.1) is 19.3 Å². The summed E-state index contributed by atoms with van der Waals surface area (Å²) in [6.45, 7) is 0.663. The van der Waals surface area contributed by atoms with Crippen molar-refractivity contribution in [3.63, 3.8) is 0 Å². The molecular weight excluding hydrogens is 204 g/mol. The lowest BCUT2D eigenvalue weighted by atomic mass is 9.99. The molecule has 0 aromatic heterocycles. The van der Waals surface area contributed by atoms with Gasteiger partial charge in [0.1, 0.15) is 5.75 Å². The average Bonchev–Trinajstić information content (AvgIpc) is 2.29. The minimum atomic E-state index is -0.204. The fourth-order valence-corrected chi connectivity index (χ4v) is 2.06. The number of aliphatic hydroxyl groups is 1. The van der Waals surface area contributed by atoms with Gasteiger partial charge in [-0.25, -0.2) is 0 Å². The molecule has 0 spiro atoms. The number of benzene rings is 1. The van der Waals surface area contributed by atoms with Crippen LogP contribution in [-0.4, -0.2) is 31.0 Å². The maximum Gasteiger partial charge on any atom is 0.119 e. The van der Waals surface area contributed by atoms with Crippen LogP contribution in [0.4, 0.5) is 0 Å². The number of hydrogen-bond acceptors (Lipinski definition) is 3. The average molecular weight is 222 g/mol. The molecule has 0 radical (unpaired) electrons. The van der Waals surface area contributed by atoms with E-state index in [4.69, 9.17) is 9.47 Å².